The molecule has 1 aromatic carbocycles. The Morgan fingerprint density at radius 1 is 1.26 bits per heavy atom. The molecule has 7 nitrogen and oxygen atoms in total. The molecule has 4 rings (SSSR count). The number of amides is 3. The van der Waals surface area contributed by atoms with Crippen molar-refractivity contribution >= 4 is 35.0 Å². The number of anilines is 1. The number of nitrogens with zero attached hydrogens (tertiary/aromatic N) is 1. The molecule has 2 aliphatic carbocycles. The van der Waals surface area contributed by atoms with Crippen LogP contribution in [0.5, 0.6) is 5.75 Å². The molecule has 4 unspecified atom stereocenters. The van der Waals surface area contributed by atoms with Gasteiger partial charge in [0.25, 0.3) is 5.91 Å². The molecule has 1 saturated heterocycles. The minimum absolute atomic E-state index is 0.121. The predicted octanol–water partition coefficient (Wildman–Crippen LogP) is 1.47. The molecule has 0 aromatic heterocycles. The quantitative estimate of drug-likeness (QED) is 0.451. The summed E-state index contributed by atoms with van der Waals surface area (Å²) in [6, 6.07) is 2.92. The van der Waals surface area contributed by atoms with Gasteiger partial charge in [0, 0.05) is 19.2 Å². The van der Waals surface area contributed by atoms with Crippen LogP contribution >= 0.6 is 11.6 Å². The molecule has 1 heterocycles. The maximum Gasteiger partial charge on any atom is 0.255 e. The van der Waals surface area contributed by atoms with Crippen molar-refractivity contribution in [3.05, 3.63) is 34.9 Å². The number of likely N-dealkylation sites (tertiary alicyclic amines) is 1. The standard InChI is InChI=1S/C19H20ClN3O4/c1-27-14-8-13(21)12(20)7-11(14)17(24)22-4-5-23-18(25)15-9-2-3-10(6-9)16(15)19(23)26/h2-3,7-10,15-16H,4-6,21H2,1H3,(H,22,24). The van der Waals surface area contributed by atoms with Gasteiger partial charge in [-0.05, 0) is 24.3 Å². The van der Waals surface area contributed by atoms with Crippen molar-refractivity contribution in [3.8, 4) is 5.75 Å². The lowest BCUT2D eigenvalue weighted by atomic mass is 9.85. The fourth-order valence-corrected chi connectivity index (χ4v) is 4.64. The van der Waals surface area contributed by atoms with Gasteiger partial charge in [-0.15, -0.1) is 0 Å². The highest BCUT2D eigenvalue weighted by atomic mass is 35.5. The van der Waals surface area contributed by atoms with Gasteiger partial charge in [0.15, 0.2) is 0 Å². The number of carbonyl (C=O) groups excluding carboxylic acids is 3. The number of nitrogens with one attached hydrogen (secondary N) is 1. The molecule has 0 radical (unpaired) electrons. The van der Waals surface area contributed by atoms with Crippen molar-refractivity contribution in [2.45, 2.75) is 6.42 Å². The van der Waals surface area contributed by atoms with Crippen LogP contribution in [0.4, 0.5) is 5.69 Å². The van der Waals surface area contributed by atoms with E-state index in [0.29, 0.717) is 11.4 Å². The maximum atomic E-state index is 12.6. The van der Waals surface area contributed by atoms with E-state index in [9.17, 15) is 14.4 Å². The minimum Gasteiger partial charge on any atom is -0.496 e. The van der Waals surface area contributed by atoms with E-state index in [0.717, 1.165) is 6.42 Å². The fraction of sp³-hybridized carbons (Fsp3) is 0.421. The van der Waals surface area contributed by atoms with Gasteiger partial charge in [0.2, 0.25) is 11.8 Å². The Labute approximate surface area is 161 Å². The van der Waals surface area contributed by atoms with Crippen LogP contribution in [0.2, 0.25) is 5.02 Å². The molecule has 3 aliphatic rings. The van der Waals surface area contributed by atoms with Crippen molar-refractivity contribution in [1.29, 1.82) is 0 Å². The number of fused-ring (bicyclic) bond motifs is 5. The van der Waals surface area contributed by atoms with Gasteiger partial charge in [-0.3, -0.25) is 19.3 Å². The Morgan fingerprint density at radius 3 is 2.48 bits per heavy atom. The van der Waals surface area contributed by atoms with Crippen molar-refractivity contribution in [3.63, 3.8) is 0 Å². The second-order valence-electron chi connectivity index (χ2n) is 7.16. The first-order valence-corrected chi connectivity index (χ1v) is 9.25. The number of hydrogen-bond acceptors (Lipinski definition) is 5. The van der Waals surface area contributed by atoms with Crippen LogP contribution in [0.3, 0.4) is 0 Å². The van der Waals surface area contributed by atoms with E-state index < -0.39 is 5.91 Å². The zero-order valence-corrected chi connectivity index (χ0v) is 15.5. The first kappa shape index (κ1) is 17.9. The normalized spacial score (nSPS) is 28.0. The molecule has 1 saturated carbocycles. The highest BCUT2D eigenvalue weighted by Crippen LogP contribution is 2.52. The Balaban J connectivity index is 1.39. The van der Waals surface area contributed by atoms with Gasteiger partial charge in [0.1, 0.15) is 5.75 Å². The van der Waals surface area contributed by atoms with E-state index >= 15 is 0 Å². The number of halogens is 1. The number of hydrogen-bond donors (Lipinski definition) is 2. The summed E-state index contributed by atoms with van der Waals surface area (Å²) in [4.78, 5) is 39.0. The van der Waals surface area contributed by atoms with Gasteiger partial charge in [-0.25, -0.2) is 0 Å². The molecule has 27 heavy (non-hydrogen) atoms. The molecule has 142 valence electrons. The summed E-state index contributed by atoms with van der Waals surface area (Å²) in [5.74, 6) is -0.434. The SMILES string of the molecule is COc1cc(N)c(Cl)cc1C(=O)NCCN1C(=O)C2C3C=CC(C3)C2C1=O. The topological polar surface area (TPSA) is 102 Å². The zero-order valence-electron chi connectivity index (χ0n) is 14.8. The summed E-state index contributed by atoms with van der Waals surface area (Å²) in [5.41, 5.74) is 6.28. The lowest BCUT2D eigenvalue weighted by Gasteiger charge is -2.18. The maximum absolute atomic E-state index is 12.6. The van der Waals surface area contributed by atoms with Gasteiger partial charge >= 0.3 is 0 Å². The van der Waals surface area contributed by atoms with E-state index in [1.165, 1.54) is 24.1 Å². The molecule has 2 bridgehead atoms. The molecular formula is C19H20ClN3O4. The average Bonchev–Trinajstić information content (AvgIpc) is 3.32. The monoisotopic (exact) mass is 389 g/mol. The smallest absolute Gasteiger partial charge is 0.255 e. The summed E-state index contributed by atoms with van der Waals surface area (Å²) in [7, 11) is 1.43. The predicted molar refractivity (Wildman–Crippen MR) is 99.2 cm³/mol. The summed E-state index contributed by atoms with van der Waals surface area (Å²) < 4.78 is 5.17. The zero-order chi connectivity index (χ0) is 19.3. The van der Waals surface area contributed by atoms with Crippen LogP contribution < -0.4 is 15.8 Å². The molecular weight excluding hydrogens is 370 g/mol. The van der Waals surface area contributed by atoms with Gasteiger partial charge < -0.3 is 15.8 Å². The van der Waals surface area contributed by atoms with Gasteiger partial charge in [-0.1, -0.05) is 23.8 Å². The largest absolute Gasteiger partial charge is 0.496 e. The number of benzene rings is 1. The fourth-order valence-electron chi connectivity index (χ4n) is 4.48. The number of imide groups is 1. The Bertz CT molecular complexity index is 839. The van der Waals surface area contributed by atoms with Crippen molar-refractivity contribution in [1.82, 2.24) is 10.2 Å². The number of allylic oxidation sites excluding steroid dienone is 2. The number of nitrogens with two attached hydrogens (primary N) is 1. The molecule has 3 amide bonds. The van der Waals surface area contributed by atoms with E-state index in [2.05, 4.69) is 17.5 Å². The Hall–Kier alpha value is -2.54. The Morgan fingerprint density at radius 2 is 1.89 bits per heavy atom. The van der Waals surface area contributed by atoms with Crippen LogP contribution in [-0.2, 0) is 9.59 Å². The van der Waals surface area contributed by atoms with Gasteiger partial charge in [-0.2, -0.15) is 0 Å². The molecule has 1 aliphatic heterocycles. The second-order valence-corrected chi connectivity index (χ2v) is 7.57. The van der Waals surface area contributed by atoms with Crippen LogP contribution in [0, 0.1) is 23.7 Å². The summed E-state index contributed by atoms with van der Waals surface area (Å²) in [6.45, 7) is 0.310. The molecule has 3 N–H and O–H groups in total. The van der Waals surface area contributed by atoms with E-state index in [1.54, 1.807) is 0 Å². The lowest BCUT2D eigenvalue weighted by molar-refractivity contribution is -0.140. The molecule has 1 aromatic rings. The second kappa shape index (κ2) is 6.56. The highest BCUT2D eigenvalue weighted by molar-refractivity contribution is 6.33. The number of rotatable bonds is 5. The third-order valence-electron chi connectivity index (χ3n) is 5.75. The van der Waals surface area contributed by atoms with E-state index in [1.807, 2.05) is 0 Å². The average molecular weight is 390 g/mol. The van der Waals surface area contributed by atoms with Crippen molar-refractivity contribution in [2.75, 3.05) is 25.9 Å². The van der Waals surface area contributed by atoms with E-state index in [-0.39, 0.29) is 59.2 Å². The first-order chi connectivity index (χ1) is 12.9. The number of nitrogen functional groups attached to an aromatic ring is 1. The molecule has 2 fully saturated rings. The number of carbonyl (C=O) groups is 3. The minimum atomic E-state index is -0.408. The Kier molecular flexibility index (Phi) is 4.34. The highest BCUT2D eigenvalue weighted by Gasteiger charge is 2.58. The van der Waals surface area contributed by atoms with Crippen LogP contribution in [-0.4, -0.2) is 42.8 Å². The third-order valence-corrected chi connectivity index (χ3v) is 6.07. The van der Waals surface area contributed by atoms with Crippen molar-refractivity contribution in [2.24, 2.45) is 23.7 Å². The molecule has 0 spiro atoms. The van der Waals surface area contributed by atoms with Crippen molar-refractivity contribution < 1.29 is 19.1 Å². The molecule has 4 atom stereocenters. The van der Waals surface area contributed by atoms with Gasteiger partial charge in [0.05, 0.1) is 35.2 Å². The summed E-state index contributed by atoms with van der Waals surface area (Å²) in [5, 5.41) is 2.96. The summed E-state index contributed by atoms with van der Waals surface area (Å²) in [6.07, 6.45) is 5.01. The van der Waals surface area contributed by atoms with Crippen LogP contribution in [0.25, 0.3) is 0 Å². The molecule has 8 heteroatoms. The van der Waals surface area contributed by atoms with Crippen LogP contribution in [0.1, 0.15) is 16.8 Å². The number of methoxy groups -OCH3 is 1. The lowest BCUT2D eigenvalue weighted by Crippen LogP contribution is -2.39. The third kappa shape index (κ3) is 2.77. The first-order valence-electron chi connectivity index (χ1n) is 8.87. The summed E-state index contributed by atoms with van der Waals surface area (Å²) >= 11 is 5.99. The van der Waals surface area contributed by atoms with E-state index in [4.69, 9.17) is 22.1 Å². The van der Waals surface area contributed by atoms with Crippen LogP contribution in [0.15, 0.2) is 24.3 Å². The number of ether oxygens (including phenoxy) is 1.